The van der Waals surface area contributed by atoms with Gasteiger partial charge in [-0.3, -0.25) is 4.79 Å². The summed E-state index contributed by atoms with van der Waals surface area (Å²) in [4.78, 5) is 12.4. The number of hydrogen-bond acceptors (Lipinski definition) is 2. The predicted molar refractivity (Wildman–Crippen MR) is 68.5 cm³/mol. The van der Waals surface area contributed by atoms with Gasteiger partial charge in [-0.2, -0.15) is 0 Å². The Hall–Kier alpha value is -0.370. The minimum atomic E-state index is -0.0165. The van der Waals surface area contributed by atoms with Crippen LogP contribution < -0.4 is 5.32 Å². The molecule has 1 fully saturated rings. The Balaban J connectivity index is 2.60. The van der Waals surface area contributed by atoms with Gasteiger partial charge in [-0.05, 0) is 25.3 Å². The van der Waals surface area contributed by atoms with E-state index in [-0.39, 0.29) is 5.41 Å². The lowest BCUT2D eigenvalue weighted by Gasteiger charge is -2.28. The fourth-order valence-electron chi connectivity index (χ4n) is 2.87. The third-order valence-electron chi connectivity index (χ3n) is 4.19. The SMILES string of the molecule is CCCC1(C(=O)CC(CC)CC)CCNC1. The number of carbonyl (C=O) groups is 1. The van der Waals surface area contributed by atoms with Crippen LogP contribution in [0.5, 0.6) is 0 Å². The van der Waals surface area contributed by atoms with Crippen molar-refractivity contribution < 1.29 is 4.79 Å². The molecule has 1 rings (SSSR count). The third kappa shape index (κ3) is 3.07. The van der Waals surface area contributed by atoms with Crippen LogP contribution in [-0.2, 0) is 4.79 Å². The molecule has 0 aromatic rings. The average Bonchev–Trinajstić information content (AvgIpc) is 2.76. The van der Waals surface area contributed by atoms with Gasteiger partial charge in [0.25, 0.3) is 0 Å². The second kappa shape index (κ2) is 6.39. The van der Waals surface area contributed by atoms with Gasteiger partial charge in [0, 0.05) is 18.4 Å². The molecule has 1 N–H and O–H groups in total. The number of Topliss-reactive ketones (excluding diaryl/α,β-unsaturated/α-hetero) is 1. The van der Waals surface area contributed by atoms with Gasteiger partial charge >= 0.3 is 0 Å². The molecule has 0 bridgehead atoms. The van der Waals surface area contributed by atoms with Crippen LogP contribution in [0.3, 0.4) is 0 Å². The molecule has 2 heteroatoms. The van der Waals surface area contributed by atoms with E-state index in [1.807, 2.05) is 0 Å². The highest BCUT2D eigenvalue weighted by Gasteiger charge is 2.39. The van der Waals surface area contributed by atoms with E-state index in [9.17, 15) is 4.79 Å². The molecule has 1 saturated heterocycles. The van der Waals surface area contributed by atoms with Crippen molar-refractivity contribution in [3.05, 3.63) is 0 Å². The van der Waals surface area contributed by atoms with E-state index in [2.05, 4.69) is 26.1 Å². The molecule has 0 aliphatic carbocycles. The van der Waals surface area contributed by atoms with Gasteiger partial charge in [-0.15, -0.1) is 0 Å². The number of ketones is 1. The number of rotatable bonds is 7. The monoisotopic (exact) mass is 225 g/mol. The number of hydrogen-bond donors (Lipinski definition) is 1. The lowest BCUT2D eigenvalue weighted by molar-refractivity contribution is -0.129. The Kier molecular flexibility index (Phi) is 5.47. The minimum Gasteiger partial charge on any atom is -0.316 e. The van der Waals surface area contributed by atoms with E-state index in [1.165, 1.54) is 0 Å². The van der Waals surface area contributed by atoms with Crippen molar-refractivity contribution in [1.82, 2.24) is 5.32 Å². The van der Waals surface area contributed by atoms with Crippen LogP contribution in [0.1, 0.15) is 59.3 Å². The summed E-state index contributed by atoms with van der Waals surface area (Å²) in [5.74, 6) is 1.12. The third-order valence-corrected chi connectivity index (χ3v) is 4.19. The summed E-state index contributed by atoms with van der Waals surface area (Å²) < 4.78 is 0. The molecule has 0 aromatic carbocycles. The van der Waals surface area contributed by atoms with E-state index in [1.54, 1.807) is 0 Å². The predicted octanol–water partition coefficient (Wildman–Crippen LogP) is 3.16. The molecule has 0 amide bonds. The van der Waals surface area contributed by atoms with Crippen LogP contribution in [0, 0.1) is 11.3 Å². The summed E-state index contributed by atoms with van der Waals surface area (Å²) in [6.07, 6.45) is 6.32. The van der Waals surface area contributed by atoms with Gasteiger partial charge in [0.15, 0.2) is 0 Å². The number of nitrogens with one attached hydrogen (secondary N) is 1. The van der Waals surface area contributed by atoms with Crippen molar-refractivity contribution in [2.24, 2.45) is 11.3 Å². The first-order valence-corrected chi connectivity index (χ1v) is 6.92. The molecule has 1 heterocycles. The molecule has 94 valence electrons. The van der Waals surface area contributed by atoms with E-state index in [0.29, 0.717) is 11.7 Å². The van der Waals surface area contributed by atoms with Crippen molar-refractivity contribution in [2.45, 2.75) is 59.3 Å². The van der Waals surface area contributed by atoms with Gasteiger partial charge in [0.05, 0.1) is 0 Å². The Bertz CT molecular complexity index is 215. The second-order valence-corrected chi connectivity index (χ2v) is 5.27. The van der Waals surface area contributed by atoms with Crippen molar-refractivity contribution in [2.75, 3.05) is 13.1 Å². The zero-order valence-corrected chi connectivity index (χ0v) is 11.1. The summed E-state index contributed by atoms with van der Waals surface area (Å²) in [5, 5.41) is 3.37. The molecule has 1 aliphatic heterocycles. The summed E-state index contributed by atoms with van der Waals surface area (Å²) in [6.45, 7) is 8.51. The summed E-state index contributed by atoms with van der Waals surface area (Å²) in [6, 6.07) is 0. The van der Waals surface area contributed by atoms with Crippen molar-refractivity contribution >= 4 is 5.78 Å². The minimum absolute atomic E-state index is 0.0165. The normalized spacial score (nSPS) is 25.2. The smallest absolute Gasteiger partial charge is 0.140 e. The molecule has 1 atom stereocenters. The largest absolute Gasteiger partial charge is 0.316 e. The molecule has 0 radical (unpaired) electrons. The standard InChI is InChI=1S/C14H27NO/c1-4-7-14(8-9-15-11-14)13(16)10-12(5-2)6-3/h12,15H,4-11H2,1-3H3. The van der Waals surface area contributed by atoms with Gasteiger partial charge in [-0.25, -0.2) is 0 Å². The highest BCUT2D eigenvalue weighted by Crippen LogP contribution is 2.35. The Morgan fingerprint density at radius 3 is 2.44 bits per heavy atom. The van der Waals surface area contributed by atoms with E-state index >= 15 is 0 Å². The maximum Gasteiger partial charge on any atom is 0.140 e. The average molecular weight is 225 g/mol. The first kappa shape index (κ1) is 13.7. The van der Waals surface area contributed by atoms with Crippen LogP contribution in [0.2, 0.25) is 0 Å². The van der Waals surface area contributed by atoms with Crippen LogP contribution in [-0.4, -0.2) is 18.9 Å². The van der Waals surface area contributed by atoms with E-state index < -0.39 is 0 Å². The first-order chi connectivity index (χ1) is 7.68. The van der Waals surface area contributed by atoms with E-state index in [4.69, 9.17) is 0 Å². The quantitative estimate of drug-likeness (QED) is 0.721. The Labute approximate surface area is 100 Å². The molecule has 1 aliphatic rings. The molecule has 1 unspecified atom stereocenters. The van der Waals surface area contributed by atoms with Gasteiger partial charge in [0.1, 0.15) is 5.78 Å². The van der Waals surface area contributed by atoms with Crippen molar-refractivity contribution in [1.29, 1.82) is 0 Å². The van der Waals surface area contributed by atoms with Crippen LogP contribution in [0.25, 0.3) is 0 Å². The van der Waals surface area contributed by atoms with Crippen molar-refractivity contribution in [3.8, 4) is 0 Å². The molecule has 0 spiro atoms. The fourth-order valence-corrected chi connectivity index (χ4v) is 2.87. The van der Waals surface area contributed by atoms with Gasteiger partial charge in [-0.1, -0.05) is 40.0 Å². The summed E-state index contributed by atoms with van der Waals surface area (Å²) in [7, 11) is 0. The topological polar surface area (TPSA) is 29.1 Å². The second-order valence-electron chi connectivity index (χ2n) is 5.27. The molecule has 16 heavy (non-hydrogen) atoms. The first-order valence-electron chi connectivity index (χ1n) is 6.92. The lowest BCUT2D eigenvalue weighted by Crippen LogP contribution is -2.34. The molecular formula is C14H27NO. The van der Waals surface area contributed by atoms with Gasteiger partial charge in [0.2, 0.25) is 0 Å². The van der Waals surface area contributed by atoms with Crippen LogP contribution in [0.15, 0.2) is 0 Å². The van der Waals surface area contributed by atoms with Crippen LogP contribution >= 0.6 is 0 Å². The van der Waals surface area contributed by atoms with Gasteiger partial charge < -0.3 is 5.32 Å². The zero-order chi connectivity index (χ0) is 12.0. The summed E-state index contributed by atoms with van der Waals surface area (Å²) >= 11 is 0. The van der Waals surface area contributed by atoms with Crippen molar-refractivity contribution in [3.63, 3.8) is 0 Å². The summed E-state index contributed by atoms with van der Waals surface area (Å²) in [5.41, 5.74) is -0.0165. The highest BCUT2D eigenvalue weighted by molar-refractivity contribution is 5.85. The van der Waals surface area contributed by atoms with E-state index in [0.717, 1.165) is 51.6 Å². The van der Waals surface area contributed by atoms with Crippen LogP contribution in [0.4, 0.5) is 0 Å². The molecular weight excluding hydrogens is 198 g/mol. The maximum atomic E-state index is 12.4. The zero-order valence-electron chi connectivity index (χ0n) is 11.1. The lowest BCUT2D eigenvalue weighted by atomic mass is 9.75. The Morgan fingerprint density at radius 1 is 1.31 bits per heavy atom. The molecule has 0 aromatic heterocycles. The highest BCUT2D eigenvalue weighted by atomic mass is 16.1. The maximum absolute atomic E-state index is 12.4. The number of carbonyl (C=O) groups excluding carboxylic acids is 1. The Morgan fingerprint density at radius 2 is 2.00 bits per heavy atom. The molecule has 0 saturated carbocycles. The fraction of sp³-hybridized carbons (Fsp3) is 0.929. The molecule has 2 nitrogen and oxygen atoms in total.